The number of halogens is 3. The first-order valence-electron chi connectivity index (χ1n) is 6.44. The number of hydrogen-bond acceptors (Lipinski definition) is 3. The third-order valence-electron chi connectivity index (χ3n) is 3.55. The number of benzene rings is 1. The van der Waals surface area contributed by atoms with Gasteiger partial charge in [-0.05, 0) is 42.7 Å². The molecule has 1 aromatic heterocycles. The Bertz CT molecular complexity index is 821. The van der Waals surface area contributed by atoms with Crippen LogP contribution in [0.25, 0.3) is 0 Å². The van der Waals surface area contributed by atoms with E-state index in [0.29, 0.717) is 0 Å². The van der Waals surface area contributed by atoms with Gasteiger partial charge in [-0.1, -0.05) is 51.3 Å². The Labute approximate surface area is 147 Å². The van der Waals surface area contributed by atoms with Crippen molar-refractivity contribution in [3.63, 3.8) is 0 Å². The Morgan fingerprint density at radius 2 is 1.73 bits per heavy atom. The molecular weight excluding hydrogens is 411 g/mol. The summed E-state index contributed by atoms with van der Waals surface area (Å²) in [6.45, 7) is 0. The van der Waals surface area contributed by atoms with Crippen LogP contribution in [0.3, 0.4) is 0 Å². The van der Waals surface area contributed by atoms with Gasteiger partial charge in [0.2, 0.25) is 10.0 Å². The topological polar surface area (TPSA) is 59.1 Å². The number of aromatic nitrogens is 1. The Hall–Kier alpha value is -0.660. The van der Waals surface area contributed by atoms with Gasteiger partial charge in [-0.3, -0.25) is 0 Å². The third kappa shape index (κ3) is 3.16. The van der Waals surface area contributed by atoms with E-state index >= 15 is 0 Å². The molecule has 1 heterocycles. The van der Waals surface area contributed by atoms with Crippen LogP contribution < -0.4 is 4.72 Å². The van der Waals surface area contributed by atoms with E-state index in [0.717, 1.165) is 22.9 Å². The fourth-order valence-corrected chi connectivity index (χ4v) is 4.63. The first-order chi connectivity index (χ1) is 10.3. The zero-order valence-electron chi connectivity index (χ0n) is 11.2. The monoisotopic (exact) mass is 420 g/mol. The van der Waals surface area contributed by atoms with Crippen LogP contribution >= 0.6 is 39.1 Å². The largest absolute Gasteiger partial charge is 0.244 e. The third-order valence-corrected chi connectivity index (χ3v) is 6.25. The quantitative estimate of drug-likeness (QED) is 0.755. The SMILES string of the molecule is O=S(=O)(NC1(c2ccc(Br)cc2)CC1)c1ccc(Cl)nc1Cl. The molecule has 3 rings (SSSR count). The Morgan fingerprint density at radius 3 is 2.27 bits per heavy atom. The van der Waals surface area contributed by atoms with Crippen molar-refractivity contribution in [3.05, 3.63) is 56.7 Å². The smallest absolute Gasteiger partial charge is 0.223 e. The highest BCUT2D eigenvalue weighted by Crippen LogP contribution is 2.47. The fourth-order valence-electron chi connectivity index (χ4n) is 2.26. The zero-order chi connectivity index (χ0) is 16.0. The average Bonchev–Trinajstić information content (AvgIpc) is 3.19. The Kier molecular flexibility index (Phi) is 4.24. The number of pyridine rings is 1. The van der Waals surface area contributed by atoms with E-state index in [9.17, 15) is 8.42 Å². The van der Waals surface area contributed by atoms with Crippen molar-refractivity contribution in [2.24, 2.45) is 0 Å². The lowest BCUT2D eigenvalue weighted by Crippen LogP contribution is -2.35. The lowest BCUT2D eigenvalue weighted by Gasteiger charge is -2.18. The fraction of sp³-hybridized carbons (Fsp3) is 0.214. The van der Waals surface area contributed by atoms with Crippen LogP contribution in [0.15, 0.2) is 45.8 Å². The van der Waals surface area contributed by atoms with Gasteiger partial charge in [-0.25, -0.2) is 18.1 Å². The van der Waals surface area contributed by atoms with Gasteiger partial charge in [-0.15, -0.1) is 0 Å². The van der Waals surface area contributed by atoms with Gasteiger partial charge in [0, 0.05) is 4.47 Å². The van der Waals surface area contributed by atoms with Gasteiger partial charge >= 0.3 is 0 Å². The number of hydrogen-bond donors (Lipinski definition) is 1. The zero-order valence-corrected chi connectivity index (χ0v) is 15.1. The number of nitrogens with zero attached hydrogens (tertiary/aromatic N) is 1. The summed E-state index contributed by atoms with van der Waals surface area (Å²) in [5, 5.41) is 0.0181. The molecule has 1 saturated carbocycles. The minimum Gasteiger partial charge on any atom is -0.223 e. The van der Waals surface area contributed by atoms with Crippen LogP contribution in [0.1, 0.15) is 18.4 Å². The number of nitrogens with one attached hydrogen (secondary N) is 1. The second-order valence-electron chi connectivity index (χ2n) is 5.12. The minimum absolute atomic E-state index is 0.0676. The highest BCUT2D eigenvalue weighted by molar-refractivity contribution is 9.10. The van der Waals surface area contributed by atoms with Crippen LogP contribution in [-0.2, 0) is 15.6 Å². The molecule has 1 aromatic carbocycles. The van der Waals surface area contributed by atoms with Crippen molar-refractivity contribution >= 4 is 49.2 Å². The average molecular weight is 422 g/mol. The maximum absolute atomic E-state index is 12.6. The van der Waals surface area contributed by atoms with E-state index in [2.05, 4.69) is 25.6 Å². The van der Waals surface area contributed by atoms with E-state index < -0.39 is 15.6 Å². The van der Waals surface area contributed by atoms with Gasteiger partial charge in [0.05, 0.1) is 5.54 Å². The van der Waals surface area contributed by atoms with Gasteiger partial charge in [0.1, 0.15) is 10.0 Å². The summed E-state index contributed by atoms with van der Waals surface area (Å²) >= 11 is 15.0. The molecule has 2 aromatic rings. The van der Waals surface area contributed by atoms with E-state index in [1.807, 2.05) is 24.3 Å². The maximum Gasteiger partial charge on any atom is 0.244 e. The summed E-state index contributed by atoms with van der Waals surface area (Å²) in [5.41, 5.74) is 0.361. The van der Waals surface area contributed by atoms with Crippen molar-refractivity contribution in [1.82, 2.24) is 9.71 Å². The lowest BCUT2D eigenvalue weighted by molar-refractivity contribution is 0.551. The van der Waals surface area contributed by atoms with Crippen molar-refractivity contribution in [1.29, 1.82) is 0 Å². The summed E-state index contributed by atoms with van der Waals surface area (Å²) in [4.78, 5) is 3.71. The molecule has 0 bridgehead atoms. The molecular formula is C14H11BrCl2N2O2S. The molecule has 1 aliphatic carbocycles. The van der Waals surface area contributed by atoms with Crippen LogP contribution in [0, 0.1) is 0 Å². The number of rotatable bonds is 4. The standard InChI is InChI=1S/C14H11BrCl2N2O2S/c15-10-3-1-9(2-4-10)14(7-8-14)19-22(20,21)11-5-6-12(16)18-13(11)17/h1-6,19H,7-8H2. The molecule has 1 N–H and O–H groups in total. The summed E-state index contributed by atoms with van der Waals surface area (Å²) in [7, 11) is -3.78. The highest BCUT2D eigenvalue weighted by atomic mass is 79.9. The van der Waals surface area contributed by atoms with Crippen molar-refractivity contribution in [2.75, 3.05) is 0 Å². The van der Waals surface area contributed by atoms with Crippen LogP contribution in [-0.4, -0.2) is 13.4 Å². The summed E-state index contributed by atoms with van der Waals surface area (Å²) < 4.78 is 28.8. The molecule has 1 fully saturated rings. The maximum atomic E-state index is 12.6. The van der Waals surface area contributed by atoms with Crippen LogP contribution in [0.2, 0.25) is 10.3 Å². The van der Waals surface area contributed by atoms with Crippen molar-refractivity contribution in [3.8, 4) is 0 Å². The Morgan fingerprint density at radius 1 is 1.09 bits per heavy atom. The van der Waals surface area contributed by atoms with Crippen LogP contribution in [0.4, 0.5) is 0 Å². The first kappa shape index (κ1) is 16.2. The number of sulfonamides is 1. The molecule has 22 heavy (non-hydrogen) atoms. The molecule has 1 aliphatic rings. The molecule has 0 atom stereocenters. The van der Waals surface area contributed by atoms with Gasteiger partial charge in [-0.2, -0.15) is 0 Å². The van der Waals surface area contributed by atoms with Gasteiger partial charge < -0.3 is 0 Å². The first-order valence-corrected chi connectivity index (χ1v) is 9.48. The Balaban J connectivity index is 1.93. The second kappa shape index (κ2) is 5.76. The second-order valence-corrected chi connectivity index (χ2v) is 8.43. The van der Waals surface area contributed by atoms with Gasteiger partial charge in [0.15, 0.2) is 5.15 Å². The summed E-state index contributed by atoms with van der Waals surface area (Å²) in [6, 6.07) is 10.3. The summed E-state index contributed by atoms with van der Waals surface area (Å²) in [6.07, 6.45) is 1.49. The van der Waals surface area contributed by atoms with Crippen LogP contribution in [0.5, 0.6) is 0 Å². The van der Waals surface area contributed by atoms with E-state index in [-0.39, 0.29) is 15.2 Å². The van der Waals surface area contributed by atoms with E-state index in [4.69, 9.17) is 23.2 Å². The molecule has 0 unspecified atom stereocenters. The molecule has 0 saturated heterocycles. The van der Waals surface area contributed by atoms with E-state index in [1.165, 1.54) is 12.1 Å². The highest BCUT2D eigenvalue weighted by Gasteiger charge is 2.47. The molecule has 8 heteroatoms. The predicted molar refractivity (Wildman–Crippen MR) is 89.6 cm³/mol. The van der Waals surface area contributed by atoms with Gasteiger partial charge in [0.25, 0.3) is 0 Å². The van der Waals surface area contributed by atoms with Crippen molar-refractivity contribution < 1.29 is 8.42 Å². The lowest BCUT2D eigenvalue weighted by atomic mass is 10.1. The summed E-state index contributed by atoms with van der Waals surface area (Å²) in [5.74, 6) is 0. The molecule has 4 nitrogen and oxygen atoms in total. The molecule has 0 amide bonds. The molecule has 0 radical (unpaired) electrons. The normalized spacial score (nSPS) is 16.5. The van der Waals surface area contributed by atoms with E-state index in [1.54, 1.807) is 0 Å². The molecule has 0 aliphatic heterocycles. The minimum atomic E-state index is -3.78. The van der Waals surface area contributed by atoms with Crippen molar-refractivity contribution in [2.45, 2.75) is 23.3 Å². The molecule has 116 valence electrons. The predicted octanol–water partition coefficient (Wildman–Crippen LogP) is 4.12. The molecule has 0 spiro atoms.